The van der Waals surface area contributed by atoms with Gasteiger partial charge in [-0.25, -0.2) is 9.55 Å². The molecule has 0 bridgehead atoms. The highest BCUT2D eigenvalue weighted by Gasteiger charge is 2.16. The third kappa shape index (κ3) is 2.12. The molecule has 8 nitrogen and oxygen atoms in total. The largest absolute Gasteiger partial charge is 0.324 e. The lowest BCUT2D eigenvalue weighted by Crippen LogP contribution is -2.27. The smallest absolute Gasteiger partial charge is 0.286 e. The summed E-state index contributed by atoms with van der Waals surface area (Å²) < 4.78 is 2.67. The summed E-state index contributed by atoms with van der Waals surface area (Å²) in [6.45, 7) is 1.68. The van der Waals surface area contributed by atoms with Gasteiger partial charge in [-0.15, -0.1) is 9.73 Å². The van der Waals surface area contributed by atoms with Crippen LogP contribution >= 0.6 is 0 Å². The minimum atomic E-state index is -0.340. The van der Waals surface area contributed by atoms with Gasteiger partial charge in [0.2, 0.25) is 0 Å². The van der Waals surface area contributed by atoms with Crippen molar-refractivity contribution in [3.05, 3.63) is 75.5 Å². The number of aromatic nitrogens is 6. The number of hydrogen-bond acceptors (Lipinski definition) is 5. The normalized spacial score (nSPS) is 11.0. The molecule has 0 spiro atoms. The van der Waals surface area contributed by atoms with Gasteiger partial charge < -0.3 is 4.98 Å². The molecule has 3 heterocycles. The Kier molecular flexibility index (Phi) is 3.09. The summed E-state index contributed by atoms with van der Waals surface area (Å²) in [5.41, 5.74) is 1.26. The third-order valence-corrected chi connectivity index (χ3v) is 3.69. The molecule has 0 fully saturated rings. The highest BCUT2D eigenvalue weighted by Crippen LogP contribution is 2.21. The van der Waals surface area contributed by atoms with E-state index in [-0.39, 0.29) is 11.1 Å². The van der Waals surface area contributed by atoms with Crippen molar-refractivity contribution in [2.75, 3.05) is 0 Å². The number of rotatable bonds is 2. The van der Waals surface area contributed by atoms with Crippen molar-refractivity contribution >= 4 is 5.52 Å². The number of benzene rings is 1. The molecule has 0 aliphatic heterocycles. The fourth-order valence-electron chi connectivity index (χ4n) is 2.61. The van der Waals surface area contributed by atoms with Gasteiger partial charge in [0.1, 0.15) is 5.82 Å². The molecule has 0 atom stereocenters. The van der Waals surface area contributed by atoms with Gasteiger partial charge in [0, 0.05) is 11.8 Å². The molecule has 1 aromatic carbocycles. The number of nitrogens with zero attached hydrogens (tertiary/aromatic N) is 5. The zero-order chi connectivity index (χ0) is 16.7. The molecular formula is C16H12N6O2. The van der Waals surface area contributed by atoms with Gasteiger partial charge in [0.15, 0.2) is 11.3 Å². The Hall–Kier alpha value is -3.55. The van der Waals surface area contributed by atoms with Crippen molar-refractivity contribution in [2.45, 2.75) is 6.92 Å². The summed E-state index contributed by atoms with van der Waals surface area (Å²) in [5.74, 6) is 0.710. The maximum absolute atomic E-state index is 13.0. The van der Waals surface area contributed by atoms with Crippen molar-refractivity contribution in [1.82, 2.24) is 29.4 Å². The van der Waals surface area contributed by atoms with Crippen molar-refractivity contribution in [3.63, 3.8) is 0 Å². The Morgan fingerprint density at radius 2 is 1.88 bits per heavy atom. The van der Waals surface area contributed by atoms with Crippen LogP contribution in [0.4, 0.5) is 0 Å². The highest BCUT2D eigenvalue weighted by molar-refractivity contribution is 5.78. The Balaban J connectivity index is 2.05. The number of H-pyrrole nitrogens is 1. The minimum absolute atomic E-state index is 0.298. The second kappa shape index (κ2) is 5.27. The van der Waals surface area contributed by atoms with Gasteiger partial charge >= 0.3 is 0 Å². The standard InChI is InChI=1S/C16H12N6O2/c1-10-20-22-15(12(7-19-22)11-5-3-2-4-6-11)16(24)21(10)13-8-18-14(23)9-17-13/h2-9H,1H3,(H,18,23). The average molecular weight is 320 g/mol. The van der Waals surface area contributed by atoms with Crippen LogP contribution in [0.2, 0.25) is 0 Å². The fourth-order valence-corrected chi connectivity index (χ4v) is 2.61. The molecule has 0 aliphatic carbocycles. The van der Waals surface area contributed by atoms with E-state index in [1.165, 1.54) is 15.4 Å². The Morgan fingerprint density at radius 1 is 1.08 bits per heavy atom. The molecule has 0 amide bonds. The first kappa shape index (κ1) is 14.1. The van der Waals surface area contributed by atoms with Gasteiger partial charge in [-0.05, 0) is 12.5 Å². The van der Waals surface area contributed by atoms with Gasteiger partial charge in [-0.1, -0.05) is 30.3 Å². The zero-order valence-electron chi connectivity index (χ0n) is 12.7. The van der Waals surface area contributed by atoms with E-state index >= 15 is 0 Å². The third-order valence-electron chi connectivity index (χ3n) is 3.69. The fraction of sp³-hybridized carbons (Fsp3) is 0.0625. The first-order valence-electron chi connectivity index (χ1n) is 7.23. The summed E-state index contributed by atoms with van der Waals surface area (Å²) in [4.78, 5) is 30.7. The molecule has 0 aliphatic rings. The first-order valence-corrected chi connectivity index (χ1v) is 7.23. The van der Waals surface area contributed by atoms with E-state index in [9.17, 15) is 9.59 Å². The summed E-state index contributed by atoms with van der Waals surface area (Å²) >= 11 is 0. The minimum Gasteiger partial charge on any atom is -0.324 e. The molecular weight excluding hydrogens is 308 g/mol. The maximum Gasteiger partial charge on any atom is 0.286 e. The van der Waals surface area contributed by atoms with Crippen LogP contribution < -0.4 is 11.1 Å². The molecule has 8 heteroatoms. The molecule has 0 unspecified atom stereocenters. The number of hydrogen-bond donors (Lipinski definition) is 1. The van der Waals surface area contributed by atoms with Gasteiger partial charge in [-0.2, -0.15) is 5.10 Å². The van der Waals surface area contributed by atoms with E-state index in [0.29, 0.717) is 22.7 Å². The van der Waals surface area contributed by atoms with E-state index in [1.54, 1.807) is 13.1 Å². The maximum atomic E-state index is 13.0. The Morgan fingerprint density at radius 3 is 2.58 bits per heavy atom. The molecule has 3 aromatic heterocycles. The van der Waals surface area contributed by atoms with Gasteiger partial charge in [0.05, 0.1) is 12.4 Å². The van der Waals surface area contributed by atoms with Crippen LogP contribution in [-0.2, 0) is 0 Å². The van der Waals surface area contributed by atoms with E-state index in [1.807, 2.05) is 30.3 Å². The first-order chi connectivity index (χ1) is 11.6. The highest BCUT2D eigenvalue weighted by atomic mass is 16.1. The predicted molar refractivity (Wildman–Crippen MR) is 87.2 cm³/mol. The topological polar surface area (TPSA) is 97.9 Å². The van der Waals surface area contributed by atoms with E-state index in [0.717, 1.165) is 11.8 Å². The van der Waals surface area contributed by atoms with Crippen LogP contribution in [0.5, 0.6) is 0 Å². The summed E-state index contributed by atoms with van der Waals surface area (Å²) in [7, 11) is 0. The van der Waals surface area contributed by atoms with E-state index in [4.69, 9.17) is 0 Å². The lowest BCUT2D eigenvalue weighted by molar-refractivity contribution is 0.704. The molecule has 0 radical (unpaired) electrons. The lowest BCUT2D eigenvalue weighted by atomic mass is 10.1. The molecule has 4 aromatic rings. The molecule has 0 saturated carbocycles. The molecule has 118 valence electrons. The number of fused-ring (bicyclic) bond motifs is 1. The SMILES string of the molecule is Cc1nn2ncc(-c3ccccc3)c2c(=O)n1-c1c[nH]c(=O)cn1. The zero-order valence-corrected chi connectivity index (χ0v) is 12.7. The van der Waals surface area contributed by atoms with Crippen LogP contribution in [0.3, 0.4) is 0 Å². The predicted octanol–water partition coefficient (Wildman–Crippen LogP) is 0.939. The van der Waals surface area contributed by atoms with Crippen molar-refractivity contribution in [3.8, 4) is 16.9 Å². The van der Waals surface area contributed by atoms with Gasteiger partial charge in [0.25, 0.3) is 11.1 Å². The van der Waals surface area contributed by atoms with Crippen LogP contribution in [-0.4, -0.2) is 29.4 Å². The Bertz CT molecular complexity index is 1140. The number of aromatic amines is 1. The van der Waals surface area contributed by atoms with Crippen LogP contribution in [0.15, 0.2) is 58.5 Å². The molecule has 4 rings (SSSR count). The molecule has 1 N–H and O–H groups in total. The molecule has 0 saturated heterocycles. The van der Waals surface area contributed by atoms with Gasteiger partial charge in [-0.3, -0.25) is 9.59 Å². The molecule has 24 heavy (non-hydrogen) atoms. The Labute approximate surface area is 135 Å². The lowest BCUT2D eigenvalue weighted by Gasteiger charge is -2.08. The number of nitrogens with one attached hydrogen (secondary N) is 1. The second-order valence-corrected chi connectivity index (χ2v) is 5.22. The summed E-state index contributed by atoms with van der Waals surface area (Å²) in [6.07, 6.45) is 4.12. The van der Waals surface area contributed by atoms with E-state index < -0.39 is 0 Å². The summed E-state index contributed by atoms with van der Waals surface area (Å²) in [5, 5.41) is 8.50. The van der Waals surface area contributed by atoms with E-state index in [2.05, 4.69) is 20.2 Å². The van der Waals surface area contributed by atoms with Crippen molar-refractivity contribution in [2.24, 2.45) is 0 Å². The van der Waals surface area contributed by atoms with Crippen LogP contribution in [0, 0.1) is 6.92 Å². The second-order valence-electron chi connectivity index (χ2n) is 5.22. The summed E-state index contributed by atoms with van der Waals surface area (Å²) in [6, 6.07) is 9.49. The number of aryl methyl sites for hydroxylation is 1. The van der Waals surface area contributed by atoms with Crippen molar-refractivity contribution < 1.29 is 0 Å². The quantitative estimate of drug-likeness (QED) is 0.593. The van der Waals surface area contributed by atoms with Crippen LogP contribution in [0.25, 0.3) is 22.5 Å². The van der Waals surface area contributed by atoms with Crippen molar-refractivity contribution in [1.29, 1.82) is 0 Å². The monoisotopic (exact) mass is 320 g/mol. The average Bonchev–Trinajstić information content (AvgIpc) is 3.01. The van der Waals surface area contributed by atoms with Crippen LogP contribution in [0.1, 0.15) is 5.82 Å².